The van der Waals surface area contributed by atoms with Crippen LogP contribution in [0.1, 0.15) is 28.7 Å². The number of amides is 1. The Bertz CT molecular complexity index is 705. The summed E-state index contributed by atoms with van der Waals surface area (Å²) in [6, 6.07) is 13.4. The van der Waals surface area contributed by atoms with Crippen LogP contribution < -0.4 is 5.32 Å². The molecule has 0 aromatic heterocycles. The van der Waals surface area contributed by atoms with Crippen LogP contribution in [0.3, 0.4) is 0 Å². The number of aryl methyl sites for hydroxylation is 3. The fourth-order valence-corrected chi connectivity index (χ4v) is 2.37. The van der Waals surface area contributed by atoms with Gasteiger partial charge in [0, 0.05) is 12.1 Å². The molecule has 2 aromatic carbocycles. The molecule has 0 spiro atoms. The number of aliphatic carboxylic acids is 1. The summed E-state index contributed by atoms with van der Waals surface area (Å²) in [5.41, 5.74) is 4.94. The molecule has 0 aliphatic carbocycles. The Labute approximate surface area is 136 Å². The van der Waals surface area contributed by atoms with Crippen LogP contribution in [0, 0.1) is 13.8 Å². The Hall–Kier alpha value is -2.62. The summed E-state index contributed by atoms with van der Waals surface area (Å²) in [7, 11) is 0. The molecular formula is C19H21NO3. The van der Waals surface area contributed by atoms with Crippen molar-refractivity contribution in [2.75, 3.05) is 5.32 Å². The maximum Gasteiger partial charge on any atom is 0.303 e. The van der Waals surface area contributed by atoms with E-state index in [0.29, 0.717) is 12.8 Å². The van der Waals surface area contributed by atoms with E-state index >= 15 is 0 Å². The third-order valence-electron chi connectivity index (χ3n) is 3.72. The highest BCUT2D eigenvalue weighted by Gasteiger charge is 2.07. The van der Waals surface area contributed by atoms with Crippen molar-refractivity contribution in [2.45, 2.75) is 33.1 Å². The van der Waals surface area contributed by atoms with Gasteiger partial charge in [0.15, 0.2) is 0 Å². The van der Waals surface area contributed by atoms with Gasteiger partial charge in [-0.05, 0) is 49.1 Å². The topological polar surface area (TPSA) is 66.4 Å². The Kier molecular flexibility index (Phi) is 5.52. The highest BCUT2D eigenvalue weighted by atomic mass is 16.4. The van der Waals surface area contributed by atoms with Crippen LogP contribution in [0.15, 0.2) is 42.5 Å². The Balaban J connectivity index is 1.94. The molecule has 0 aliphatic rings. The largest absolute Gasteiger partial charge is 0.481 e. The molecular weight excluding hydrogens is 290 g/mol. The third-order valence-corrected chi connectivity index (χ3v) is 3.72. The summed E-state index contributed by atoms with van der Waals surface area (Å²) in [6.07, 6.45) is 0.943. The molecule has 2 rings (SSSR count). The van der Waals surface area contributed by atoms with Crippen LogP contribution in [0.5, 0.6) is 0 Å². The molecule has 2 N–H and O–H groups in total. The van der Waals surface area contributed by atoms with Gasteiger partial charge in [-0.3, -0.25) is 9.59 Å². The Morgan fingerprint density at radius 2 is 1.74 bits per heavy atom. The van der Waals surface area contributed by atoms with Gasteiger partial charge in [-0.25, -0.2) is 0 Å². The molecule has 0 saturated heterocycles. The molecule has 4 nitrogen and oxygen atoms in total. The minimum Gasteiger partial charge on any atom is -0.481 e. The number of rotatable bonds is 6. The van der Waals surface area contributed by atoms with E-state index < -0.39 is 5.97 Å². The summed E-state index contributed by atoms with van der Waals surface area (Å²) in [4.78, 5) is 22.7. The van der Waals surface area contributed by atoms with E-state index in [1.54, 1.807) is 12.1 Å². The predicted octanol–water partition coefficient (Wildman–Crippen LogP) is 3.50. The zero-order chi connectivity index (χ0) is 16.8. The first-order chi connectivity index (χ1) is 10.9. The number of anilines is 1. The van der Waals surface area contributed by atoms with E-state index in [-0.39, 0.29) is 12.3 Å². The number of carbonyl (C=O) groups excluding carboxylic acids is 1. The SMILES string of the molecule is Cc1ccc(C)c(CC(=O)Nc2ccc(CCC(=O)O)cc2)c1. The molecule has 0 fully saturated rings. The lowest BCUT2D eigenvalue weighted by atomic mass is 10.0. The Morgan fingerprint density at radius 1 is 1.04 bits per heavy atom. The first kappa shape index (κ1) is 16.7. The van der Waals surface area contributed by atoms with Crippen LogP contribution in [0.4, 0.5) is 5.69 Å². The first-order valence-corrected chi connectivity index (χ1v) is 7.61. The minimum atomic E-state index is -0.809. The number of benzene rings is 2. The monoisotopic (exact) mass is 311 g/mol. The van der Waals surface area contributed by atoms with Gasteiger partial charge in [-0.2, -0.15) is 0 Å². The van der Waals surface area contributed by atoms with Gasteiger partial charge in [-0.15, -0.1) is 0 Å². The van der Waals surface area contributed by atoms with Gasteiger partial charge in [0.25, 0.3) is 0 Å². The lowest BCUT2D eigenvalue weighted by Crippen LogP contribution is -2.15. The van der Waals surface area contributed by atoms with E-state index in [9.17, 15) is 9.59 Å². The average molecular weight is 311 g/mol. The smallest absolute Gasteiger partial charge is 0.303 e. The zero-order valence-corrected chi connectivity index (χ0v) is 13.4. The van der Waals surface area contributed by atoms with Crippen molar-refractivity contribution in [3.05, 3.63) is 64.7 Å². The van der Waals surface area contributed by atoms with Gasteiger partial charge in [0.05, 0.1) is 6.42 Å². The first-order valence-electron chi connectivity index (χ1n) is 7.61. The minimum absolute atomic E-state index is 0.0583. The molecule has 1 amide bonds. The van der Waals surface area contributed by atoms with E-state index in [4.69, 9.17) is 5.11 Å². The number of nitrogens with one attached hydrogen (secondary N) is 1. The lowest BCUT2D eigenvalue weighted by molar-refractivity contribution is -0.137. The molecule has 0 unspecified atom stereocenters. The molecule has 0 atom stereocenters. The van der Waals surface area contributed by atoms with Crippen molar-refractivity contribution in [3.63, 3.8) is 0 Å². The third kappa shape index (κ3) is 5.25. The second-order valence-electron chi connectivity index (χ2n) is 5.75. The molecule has 120 valence electrons. The quantitative estimate of drug-likeness (QED) is 0.858. The second kappa shape index (κ2) is 7.58. The number of hydrogen-bond donors (Lipinski definition) is 2. The molecule has 4 heteroatoms. The van der Waals surface area contributed by atoms with E-state index in [0.717, 1.165) is 27.9 Å². The van der Waals surface area contributed by atoms with Gasteiger partial charge < -0.3 is 10.4 Å². The van der Waals surface area contributed by atoms with Crippen molar-refractivity contribution in [3.8, 4) is 0 Å². The van der Waals surface area contributed by atoms with Gasteiger partial charge in [0.2, 0.25) is 5.91 Å². The van der Waals surface area contributed by atoms with E-state index in [1.165, 1.54) is 0 Å². The maximum absolute atomic E-state index is 12.2. The number of hydrogen-bond acceptors (Lipinski definition) is 2. The van der Waals surface area contributed by atoms with Crippen molar-refractivity contribution in [2.24, 2.45) is 0 Å². The van der Waals surface area contributed by atoms with E-state index in [2.05, 4.69) is 5.32 Å². The van der Waals surface area contributed by atoms with Crippen molar-refractivity contribution < 1.29 is 14.7 Å². The highest BCUT2D eigenvalue weighted by Crippen LogP contribution is 2.14. The van der Waals surface area contributed by atoms with Crippen LogP contribution in [-0.2, 0) is 22.4 Å². The zero-order valence-electron chi connectivity index (χ0n) is 13.4. The fourth-order valence-electron chi connectivity index (χ4n) is 2.37. The van der Waals surface area contributed by atoms with Crippen molar-refractivity contribution in [1.82, 2.24) is 0 Å². The van der Waals surface area contributed by atoms with Crippen LogP contribution >= 0.6 is 0 Å². The normalized spacial score (nSPS) is 10.3. The fraction of sp³-hybridized carbons (Fsp3) is 0.263. The van der Waals surface area contributed by atoms with Gasteiger partial charge in [-0.1, -0.05) is 35.9 Å². The molecule has 0 aliphatic heterocycles. The molecule has 23 heavy (non-hydrogen) atoms. The summed E-state index contributed by atoms with van der Waals surface area (Å²) in [5, 5.41) is 11.5. The lowest BCUT2D eigenvalue weighted by Gasteiger charge is -2.09. The highest BCUT2D eigenvalue weighted by molar-refractivity contribution is 5.92. The molecule has 0 bridgehead atoms. The van der Waals surface area contributed by atoms with Gasteiger partial charge in [0.1, 0.15) is 0 Å². The number of carboxylic acids is 1. The number of carboxylic acid groups (broad SMARTS) is 1. The summed E-state index contributed by atoms with van der Waals surface area (Å²) in [5.74, 6) is -0.868. The average Bonchev–Trinajstić information content (AvgIpc) is 2.50. The maximum atomic E-state index is 12.2. The summed E-state index contributed by atoms with van der Waals surface area (Å²) < 4.78 is 0. The molecule has 0 heterocycles. The van der Waals surface area contributed by atoms with Crippen molar-refractivity contribution >= 4 is 17.6 Å². The van der Waals surface area contributed by atoms with Crippen LogP contribution in [-0.4, -0.2) is 17.0 Å². The Morgan fingerprint density at radius 3 is 2.39 bits per heavy atom. The van der Waals surface area contributed by atoms with E-state index in [1.807, 2.05) is 44.2 Å². The molecule has 2 aromatic rings. The molecule has 0 radical (unpaired) electrons. The van der Waals surface area contributed by atoms with Crippen LogP contribution in [0.25, 0.3) is 0 Å². The standard InChI is InChI=1S/C19H21NO3/c1-13-3-4-14(2)16(11-13)12-18(21)20-17-8-5-15(6-9-17)7-10-19(22)23/h3-6,8-9,11H,7,10,12H2,1-2H3,(H,20,21)(H,22,23). The molecule has 0 saturated carbocycles. The second-order valence-corrected chi connectivity index (χ2v) is 5.75. The summed E-state index contributed by atoms with van der Waals surface area (Å²) in [6.45, 7) is 4.01. The van der Waals surface area contributed by atoms with Crippen molar-refractivity contribution in [1.29, 1.82) is 0 Å². The van der Waals surface area contributed by atoms with Crippen LogP contribution in [0.2, 0.25) is 0 Å². The van der Waals surface area contributed by atoms with Gasteiger partial charge >= 0.3 is 5.97 Å². The number of carbonyl (C=O) groups is 2. The predicted molar refractivity (Wildman–Crippen MR) is 90.6 cm³/mol. The summed E-state index contributed by atoms with van der Waals surface area (Å²) >= 11 is 0.